The van der Waals surface area contributed by atoms with Crippen molar-refractivity contribution in [1.82, 2.24) is 10.2 Å². The van der Waals surface area contributed by atoms with Gasteiger partial charge in [0.25, 0.3) is 0 Å². The van der Waals surface area contributed by atoms with Gasteiger partial charge in [0, 0.05) is 11.4 Å². The molecule has 1 aromatic carbocycles. The minimum Gasteiger partial charge on any atom is -0.444 e. The highest BCUT2D eigenvalue weighted by molar-refractivity contribution is 7.99. The summed E-state index contributed by atoms with van der Waals surface area (Å²) in [5.41, 5.74) is -0.512. The molecule has 0 spiro atoms. The Bertz CT molecular complexity index is 519. The molecule has 2 rings (SSSR count). The predicted octanol–water partition coefficient (Wildman–Crippen LogP) is 2.74. The third-order valence-electron chi connectivity index (χ3n) is 3.68. The molecule has 1 aliphatic heterocycles. The van der Waals surface area contributed by atoms with E-state index in [2.05, 4.69) is 17.4 Å². The Morgan fingerprint density at radius 3 is 2.71 bits per heavy atom. The SMILES string of the molecule is CC(C)(C)OC(=O)N1C[C@H](NCCCSc2ccccc2)[C@@H](O)C1. The Balaban J connectivity index is 1.65. The Hall–Kier alpha value is -1.24. The maximum Gasteiger partial charge on any atom is 0.410 e. The second-order valence-electron chi connectivity index (χ2n) is 7.03. The average molecular weight is 353 g/mol. The van der Waals surface area contributed by atoms with Crippen LogP contribution in [-0.4, -0.2) is 59.2 Å². The van der Waals surface area contributed by atoms with Gasteiger partial charge in [0.1, 0.15) is 5.60 Å². The summed E-state index contributed by atoms with van der Waals surface area (Å²) < 4.78 is 5.36. The van der Waals surface area contributed by atoms with Crippen LogP contribution in [0.1, 0.15) is 27.2 Å². The van der Waals surface area contributed by atoms with Crippen molar-refractivity contribution in [2.75, 3.05) is 25.4 Å². The lowest BCUT2D eigenvalue weighted by Crippen LogP contribution is -2.40. The van der Waals surface area contributed by atoms with Gasteiger partial charge in [-0.3, -0.25) is 0 Å². The lowest BCUT2D eigenvalue weighted by Gasteiger charge is -2.24. The molecule has 0 aliphatic carbocycles. The molecule has 1 aromatic rings. The molecule has 0 aromatic heterocycles. The van der Waals surface area contributed by atoms with Crippen LogP contribution in [0.5, 0.6) is 0 Å². The molecule has 5 nitrogen and oxygen atoms in total. The molecule has 0 saturated carbocycles. The van der Waals surface area contributed by atoms with E-state index >= 15 is 0 Å². The minimum atomic E-state index is -0.542. The summed E-state index contributed by atoms with van der Waals surface area (Å²) in [4.78, 5) is 14.9. The largest absolute Gasteiger partial charge is 0.444 e. The first kappa shape index (κ1) is 19.1. The highest BCUT2D eigenvalue weighted by Crippen LogP contribution is 2.18. The molecule has 1 heterocycles. The van der Waals surface area contributed by atoms with Gasteiger partial charge in [-0.15, -0.1) is 11.8 Å². The molecule has 0 radical (unpaired) electrons. The third-order valence-corrected chi connectivity index (χ3v) is 4.78. The van der Waals surface area contributed by atoms with Crippen LogP contribution >= 0.6 is 11.8 Å². The van der Waals surface area contributed by atoms with Gasteiger partial charge < -0.3 is 20.1 Å². The number of carbonyl (C=O) groups excluding carboxylic acids is 1. The zero-order valence-corrected chi connectivity index (χ0v) is 15.5. The van der Waals surface area contributed by atoms with E-state index in [4.69, 9.17) is 4.74 Å². The van der Waals surface area contributed by atoms with Crippen LogP contribution in [0.2, 0.25) is 0 Å². The zero-order chi connectivity index (χ0) is 17.6. The highest BCUT2D eigenvalue weighted by Gasteiger charge is 2.35. The van der Waals surface area contributed by atoms with E-state index in [9.17, 15) is 9.90 Å². The number of likely N-dealkylation sites (tertiary alicyclic amines) is 1. The molecule has 1 aliphatic rings. The molecule has 1 amide bonds. The lowest BCUT2D eigenvalue weighted by molar-refractivity contribution is 0.0270. The summed E-state index contributed by atoms with van der Waals surface area (Å²) in [6, 6.07) is 10.2. The van der Waals surface area contributed by atoms with Gasteiger partial charge in [-0.05, 0) is 51.6 Å². The smallest absolute Gasteiger partial charge is 0.410 e. The van der Waals surface area contributed by atoms with Crippen molar-refractivity contribution >= 4 is 17.9 Å². The second-order valence-corrected chi connectivity index (χ2v) is 8.20. The first-order chi connectivity index (χ1) is 11.3. The van der Waals surface area contributed by atoms with E-state index in [-0.39, 0.29) is 12.1 Å². The predicted molar refractivity (Wildman–Crippen MR) is 97.4 cm³/mol. The first-order valence-corrected chi connectivity index (χ1v) is 9.41. The number of rotatable bonds is 6. The monoisotopic (exact) mass is 352 g/mol. The van der Waals surface area contributed by atoms with Crippen molar-refractivity contribution < 1.29 is 14.6 Å². The molecule has 2 atom stereocenters. The number of nitrogens with one attached hydrogen (secondary N) is 1. The molecule has 134 valence electrons. The zero-order valence-electron chi connectivity index (χ0n) is 14.7. The van der Waals surface area contributed by atoms with Crippen LogP contribution in [0, 0.1) is 0 Å². The topological polar surface area (TPSA) is 61.8 Å². The number of aliphatic hydroxyl groups is 1. The molecule has 24 heavy (non-hydrogen) atoms. The Labute approximate surface area is 148 Å². The quantitative estimate of drug-likeness (QED) is 0.609. The highest BCUT2D eigenvalue weighted by atomic mass is 32.2. The molecule has 1 fully saturated rings. The number of nitrogens with zero attached hydrogens (tertiary/aromatic N) is 1. The Morgan fingerprint density at radius 1 is 1.33 bits per heavy atom. The van der Waals surface area contributed by atoms with Crippen LogP contribution in [0.15, 0.2) is 35.2 Å². The Morgan fingerprint density at radius 2 is 2.04 bits per heavy atom. The number of thioether (sulfide) groups is 1. The van der Waals surface area contributed by atoms with Crippen LogP contribution in [0.25, 0.3) is 0 Å². The van der Waals surface area contributed by atoms with Crippen LogP contribution < -0.4 is 5.32 Å². The first-order valence-electron chi connectivity index (χ1n) is 8.42. The van der Waals surface area contributed by atoms with Crippen molar-refractivity contribution in [1.29, 1.82) is 0 Å². The number of carbonyl (C=O) groups is 1. The van der Waals surface area contributed by atoms with Gasteiger partial charge in [0.05, 0.1) is 18.7 Å². The maximum atomic E-state index is 12.0. The van der Waals surface area contributed by atoms with E-state index in [1.807, 2.05) is 50.7 Å². The fraction of sp³-hybridized carbons (Fsp3) is 0.611. The van der Waals surface area contributed by atoms with Gasteiger partial charge in [-0.1, -0.05) is 18.2 Å². The summed E-state index contributed by atoms with van der Waals surface area (Å²) in [6.07, 6.45) is 0.111. The van der Waals surface area contributed by atoms with Crippen LogP contribution in [-0.2, 0) is 4.74 Å². The molecule has 0 bridgehead atoms. The van der Waals surface area contributed by atoms with Gasteiger partial charge in [-0.2, -0.15) is 0 Å². The normalized spacial score (nSPS) is 21.1. The summed E-state index contributed by atoms with van der Waals surface area (Å²) >= 11 is 1.83. The van der Waals surface area contributed by atoms with Gasteiger partial charge in [-0.25, -0.2) is 4.79 Å². The summed E-state index contributed by atoms with van der Waals surface area (Å²) in [5, 5.41) is 13.5. The number of amides is 1. The summed E-state index contributed by atoms with van der Waals surface area (Å²) in [5.74, 6) is 1.02. The van der Waals surface area contributed by atoms with E-state index in [0.717, 1.165) is 18.7 Å². The van der Waals surface area contributed by atoms with Crippen molar-refractivity contribution in [2.45, 2.75) is 49.8 Å². The number of hydrogen-bond acceptors (Lipinski definition) is 5. The summed E-state index contributed by atoms with van der Waals surface area (Å²) in [6.45, 7) is 7.17. The van der Waals surface area contributed by atoms with Gasteiger partial charge in [0.15, 0.2) is 0 Å². The number of ether oxygens (including phenoxy) is 1. The van der Waals surface area contributed by atoms with Crippen molar-refractivity contribution in [3.63, 3.8) is 0 Å². The number of hydrogen-bond donors (Lipinski definition) is 2. The molecule has 2 N–H and O–H groups in total. The number of benzene rings is 1. The average Bonchev–Trinajstić information content (AvgIpc) is 2.88. The van der Waals surface area contributed by atoms with Crippen molar-refractivity contribution in [3.8, 4) is 0 Å². The van der Waals surface area contributed by atoms with Crippen LogP contribution in [0.4, 0.5) is 4.79 Å². The standard InChI is InChI=1S/C18H28N2O3S/c1-18(2,3)23-17(22)20-12-15(16(21)13-20)19-10-7-11-24-14-8-5-4-6-9-14/h4-6,8-9,15-16,19,21H,7,10-13H2,1-3H3/t15-,16-/m0/s1. The molecule has 6 heteroatoms. The number of β-amino-alcohol motifs (C(OH)–C–C–N with tert-alkyl or cyclic N) is 1. The molecular weight excluding hydrogens is 324 g/mol. The van der Waals surface area contributed by atoms with E-state index in [0.29, 0.717) is 13.1 Å². The van der Waals surface area contributed by atoms with Crippen molar-refractivity contribution in [2.24, 2.45) is 0 Å². The van der Waals surface area contributed by atoms with E-state index < -0.39 is 11.7 Å². The lowest BCUT2D eigenvalue weighted by atomic mass is 10.2. The minimum absolute atomic E-state index is 0.0840. The van der Waals surface area contributed by atoms with Crippen LogP contribution in [0.3, 0.4) is 0 Å². The van der Waals surface area contributed by atoms with Crippen molar-refractivity contribution in [3.05, 3.63) is 30.3 Å². The van der Waals surface area contributed by atoms with E-state index in [1.165, 1.54) is 4.90 Å². The summed E-state index contributed by atoms with van der Waals surface area (Å²) in [7, 11) is 0. The van der Waals surface area contributed by atoms with E-state index in [1.54, 1.807) is 4.90 Å². The fourth-order valence-corrected chi connectivity index (χ4v) is 3.40. The molecule has 1 saturated heterocycles. The van der Waals surface area contributed by atoms with Gasteiger partial charge in [0.2, 0.25) is 0 Å². The molecule has 0 unspecified atom stereocenters. The maximum absolute atomic E-state index is 12.0. The molecular formula is C18H28N2O3S. The number of aliphatic hydroxyl groups excluding tert-OH is 1. The fourth-order valence-electron chi connectivity index (χ4n) is 2.53. The van der Waals surface area contributed by atoms with Gasteiger partial charge >= 0.3 is 6.09 Å². The second kappa shape index (κ2) is 8.74. The Kier molecular flexibility index (Phi) is 6.95. The third kappa shape index (κ3) is 6.34.